The van der Waals surface area contributed by atoms with Gasteiger partial charge in [-0.05, 0) is 25.1 Å². The molecule has 2 aromatic carbocycles. The van der Waals surface area contributed by atoms with E-state index in [9.17, 15) is 0 Å². The van der Waals surface area contributed by atoms with Crippen LogP contribution < -0.4 is 14.2 Å². The molecule has 30 heavy (non-hydrogen) atoms. The fourth-order valence-corrected chi connectivity index (χ4v) is 3.34. The van der Waals surface area contributed by atoms with Gasteiger partial charge in [-0.2, -0.15) is 4.98 Å². The van der Waals surface area contributed by atoms with Gasteiger partial charge in [0.25, 0.3) is 5.89 Å². The molecule has 9 heteroatoms. The van der Waals surface area contributed by atoms with E-state index in [0.717, 1.165) is 0 Å². The van der Waals surface area contributed by atoms with Crippen molar-refractivity contribution >= 4 is 11.6 Å². The van der Waals surface area contributed by atoms with Crippen molar-refractivity contribution in [2.75, 3.05) is 21.3 Å². The molecule has 2 aromatic heterocycles. The van der Waals surface area contributed by atoms with Crippen LogP contribution in [0.2, 0.25) is 5.02 Å². The molecule has 0 spiro atoms. The zero-order chi connectivity index (χ0) is 21.3. The van der Waals surface area contributed by atoms with Gasteiger partial charge in [0.15, 0.2) is 11.5 Å². The van der Waals surface area contributed by atoms with Gasteiger partial charge in [-0.1, -0.05) is 40.1 Å². The molecule has 0 saturated carbocycles. The van der Waals surface area contributed by atoms with Crippen LogP contribution in [-0.2, 0) is 0 Å². The van der Waals surface area contributed by atoms with Gasteiger partial charge < -0.3 is 23.3 Å². The maximum Gasteiger partial charge on any atom is 0.264 e. The quantitative estimate of drug-likeness (QED) is 0.422. The Bertz CT molecular complexity index is 1180. The van der Waals surface area contributed by atoms with Gasteiger partial charge in [0, 0.05) is 11.1 Å². The molecule has 8 nitrogen and oxygen atoms in total. The second-order valence-corrected chi connectivity index (χ2v) is 6.69. The van der Waals surface area contributed by atoms with Gasteiger partial charge in [0.1, 0.15) is 17.0 Å². The molecular formula is C21H18ClN3O5. The van der Waals surface area contributed by atoms with Crippen LogP contribution in [0.25, 0.3) is 34.1 Å². The first-order chi connectivity index (χ1) is 14.6. The minimum Gasteiger partial charge on any atom is -0.493 e. The lowest BCUT2D eigenvalue weighted by Crippen LogP contribution is -1.96. The molecule has 0 aliphatic rings. The molecule has 0 saturated heterocycles. The van der Waals surface area contributed by atoms with Gasteiger partial charge in [-0.15, -0.1) is 0 Å². The molecule has 0 bridgehead atoms. The fraction of sp³-hybridized carbons (Fsp3) is 0.190. The molecule has 0 unspecified atom stereocenters. The zero-order valence-electron chi connectivity index (χ0n) is 16.7. The van der Waals surface area contributed by atoms with Crippen LogP contribution in [0.1, 0.15) is 5.76 Å². The Kier molecular flexibility index (Phi) is 5.33. The average Bonchev–Trinajstić information content (AvgIpc) is 3.39. The summed E-state index contributed by atoms with van der Waals surface area (Å²) < 4.78 is 27.1. The standard InChI is InChI=1S/C21H18ClN3O5/c1-11-17(18(24-29-11)13-7-5-6-8-14(13)22)21-23-20(25-30-21)12-9-15(26-2)19(28-4)16(10-12)27-3/h5-10H,1-4H3. The van der Waals surface area contributed by atoms with Crippen molar-refractivity contribution < 1.29 is 23.3 Å². The van der Waals surface area contributed by atoms with Gasteiger partial charge in [0.05, 0.1) is 26.4 Å². The molecule has 0 aliphatic heterocycles. The Morgan fingerprint density at radius 2 is 1.60 bits per heavy atom. The van der Waals surface area contributed by atoms with E-state index in [1.807, 2.05) is 18.2 Å². The SMILES string of the molecule is COc1cc(-c2noc(-c3c(-c4ccccc4Cl)noc3C)n2)cc(OC)c1OC. The number of hydrogen-bond acceptors (Lipinski definition) is 8. The van der Waals surface area contributed by atoms with Crippen molar-refractivity contribution in [2.45, 2.75) is 6.92 Å². The van der Waals surface area contributed by atoms with Gasteiger partial charge in [-0.3, -0.25) is 0 Å². The summed E-state index contributed by atoms with van der Waals surface area (Å²) in [6.07, 6.45) is 0. The molecule has 0 N–H and O–H groups in total. The van der Waals surface area contributed by atoms with E-state index in [2.05, 4.69) is 15.3 Å². The number of benzene rings is 2. The summed E-state index contributed by atoms with van der Waals surface area (Å²) in [5.74, 6) is 2.57. The summed E-state index contributed by atoms with van der Waals surface area (Å²) >= 11 is 6.34. The first kappa shape index (κ1) is 19.8. The highest BCUT2D eigenvalue weighted by molar-refractivity contribution is 6.33. The normalized spacial score (nSPS) is 10.8. The lowest BCUT2D eigenvalue weighted by atomic mass is 10.1. The molecule has 2 heterocycles. The third-order valence-corrected chi connectivity index (χ3v) is 4.88. The number of rotatable bonds is 6. The summed E-state index contributed by atoms with van der Waals surface area (Å²) in [5, 5.41) is 8.78. The summed E-state index contributed by atoms with van der Waals surface area (Å²) in [5.41, 5.74) is 2.44. The lowest BCUT2D eigenvalue weighted by molar-refractivity contribution is 0.324. The highest BCUT2D eigenvalue weighted by atomic mass is 35.5. The number of halogens is 1. The molecule has 4 rings (SSSR count). The monoisotopic (exact) mass is 427 g/mol. The Labute approximate surface area is 177 Å². The van der Waals surface area contributed by atoms with Gasteiger partial charge >= 0.3 is 0 Å². The van der Waals surface area contributed by atoms with Crippen LogP contribution in [0.15, 0.2) is 45.4 Å². The third-order valence-electron chi connectivity index (χ3n) is 4.55. The van der Waals surface area contributed by atoms with Gasteiger partial charge in [0.2, 0.25) is 11.6 Å². The van der Waals surface area contributed by atoms with Crippen LogP contribution in [0.5, 0.6) is 17.2 Å². The van der Waals surface area contributed by atoms with Crippen LogP contribution in [0.3, 0.4) is 0 Å². The Hall–Kier alpha value is -3.52. The van der Waals surface area contributed by atoms with E-state index in [0.29, 0.717) is 56.2 Å². The molecule has 0 amide bonds. The Balaban J connectivity index is 1.80. The maximum atomic E-state index is 6.34. The Morgan fingerprint density at radius 1 is 0.900 bits per heavy atom. The first-order valence-corrected chi connectivity index (χ1v) is 9.30. The molecule has 0 atom stereocenters. The molecule has 0 radical (unpaired) electrons. The third kappa shape index (κ3) is 3.35. The molecule has 0 fully saturated rings. The van der Waals surface area contributed by atoms with Crippen LogP contribution in [0.4, 0.5) is 0 Å². The number of hydrogen-bond donors (Lipinski definition) is 0. The fourth-order valence-electron chi connectivity index (χ4n) is 3.11. The van der Waals surface area contributed by atoms with Crippen molar-refractivity contribution in [2.24, 2.45) is 0 Å². The Morgan fingerprint density at radius 3 is 2.23 bits per heavy atom. The van der Waals surface area contributed by atoms with Crippen molar-refractivity contribution in [3.8, 4) is 51.3 Å². The number of ether oxygens (including phenoxy) is 3. The number of methoxy groups -OCH3 is 3. The predicted octanol–water partition coefficient (Wildman–Crippen LogP) is 5.05. The van der Waals surface area contributed by atoms with Crippen molar-refractivity contribution in [3.05, 3.63) is 47.2 Å². The smallest absolute Gasteiger partial charge is 0.264 e. The first-order valence-electron chi connectivity index (χ1n) is 8.93. The molecule has 4 aromatic rings. The van der Waals surface area contributed by atoms with E-state index < -0.39 is 0 Å². The van der Waals surface area contributed by atoms with Crippen molar-refractivity contribution in [3.63, 3.8) is 0 Å². The highest BCUT2D eigenvalue weighted by Gasteiger charge is 2.24. The van der Waals surface area contributed by atoms with E-state index in [1.54, 1.807) is 39.3 Å². The topological polar surface area (TPSA) is 92.6 Å². The molecule has 154 valence electrons. The zero-order valence-corrected chi connectivity index (χ0v) is 17.5. The van der Waals surface area contributed by atoms with E-state index >= 15 is 0 Å². The van der Waals surface area contributed by atoms with E-state index in [-0.39, 0.29) is 5.89 Å². The average molecular weight is 428 g/mol. The van der Waals surface area contributed by atoms with E-state index in [1.165, 1.54) is 7.11 Å². The molecular weight excluding hydrogens is 410 g/mol. The lowest BCUT2D eigenvalue weighted by Gasteiger charge is -2.12. The minimum atomic E-state index is 0.257. The summed E-state index contributed by atoms with van der Waals surface area (Å²) in [6.45, 7) is 1.77. The maximum absolute atomic E-state index is 6.34. The summed E-state index contributed by atoms with van der Waals surface area (Å²) in [4.78, 5) is 4.53. The summed E-state index contributed by atoms with van der Waals surface area (Å²) in [7, 11) is 4.62. The van der Waals surface area contributed by atoms with Crippen molar-refractivity contribution in [1.82, 2.24) is 15.3 Å². The second kappa shape index (κ2) is 8.08. The number of aryl methyl sites for hydroxylation is 1. The van der Waals surface area contributed by atoms with Crippen LogP contribution >= 0.6 is 11.6 Å². The molecule has 0 aliphatic carbocycles. The van der Waals surface area contributed by atoms with Crippen LogP contribution in [-0.4, -0.2) is 36.6 Å². The van der Waals surface area contributed by atoms with Crippen LogP contribution in [0, 0.1) is 6.92 Å². The van der Waals surface area contributed by atoms with Gasteiger partial charge in [-0.25, -0.2) is 0 Å². The second-order valence-electron chi connectivity index (χ2n) is 6.28. The summed E-state index contributed by atoms with van der Waals surface area (Å²) in [6, 6.07) is 10.8. The van der Waals surface area contributed by atoms with E-state index in [4.69, 9.17) is 34.9 Å². The predicted molar refractivity (Wildman–Crippen MR) is 110 cm³/mol. The minimum absolute atomic E-state index is 0.257. The highest BCUT2D eigenvalue weighted by Crippen LogP contribution is 2.42. The van der Waals surface area contributed by atoms with Crippen molar-refractivity contribution in [1.29, 1.82) is 0 Å². The number of aromatic nitrogens is 3. The number of nitrogens with zero attached hydrogens (tertiary/aromatic N) is 3. The largest absolute Gasteiger partial charge is 0.493 e.